The molecule has 2 aliphatic rings. The van der Waals surface area contributed by atoms with Gasteiger partial charge in [-0.3, -0.25) is 0 Å². The minimum absolute atomic E-state index is 0.150. The molecule has 1 aromatic rings. The zero-order valence-electron chi connectivity index (χ0n) is 13.2. The van der Waals surface area contributed by atoms with Crippen LogP contribution in [-0.2, 0) is 11.2 Å². The fourth-order valence-corrected chi connectivity index (χ4v) is 4.66. The Labute approximate surface area is 137 Å². The van der Waals surface area contributed by atoms with Gasteiger partial charge in [-0.2, -0.15) is 0 Å². The fraction of sp³-hybridized carbons (Fsp3) is 0.765. The first-order valence-electron chi connectivity index (χ1n) is 7.99. The van der Waals surface area contributed by atoms with Gasteiger partial charge in [0, 0.05) is 29.0 Å². The number of rotatable bonds is 5. The van der Waals surface area contributed by atoms with Crippen molar-refractivity contribution < 1.29 is 4.74 Å². The van der Waals surface area contributed by atoms with Crippen molar-refractivity contribution in [1.29, 1.82) is 0 Å². The molecule has 0 bridgehead atoms. The predicted octanol–water partition coefficient (Wildman–Crippen LogP) is 4.52. The third kappa shape index (κ3) is 3.82. The van der Waals surface area contributed by atoms with Gasteiger partial charge in [-0.25, -0.2) is 0 Å². The van der Waals surface area contributed by atoms with Gasteiger partial charge in [-0.1, -0.05) is 11.6 Å². The van der Waals surface area contributed by atoms with E-state index in [4.69, 9.17) is 16.3 Å². The molecule has 2 fully saturated rings. The van der Waals surface area contributed by atoms with Crippen molar-refractivity contribution in [1.82, 2.24) is 5.32 Å². The van der Waals surface area contributed by atoms with E-state index in [1.165, 1.54) is 17.7 Å². The van der Waals surface area contributed by atoms with Crippen LogP contribution in [0.1, 0.15) is 44.9 Å². The molecule has 0 radical (unpaired) electrons. The van der Waals surface area contributed by atoms with E-state index in [1.807, 2.05) is 6.07 Å². The minimum Gasteiger partial charge on any atom is -0.377 e. The highest BCUT2D eigenvalue weighted by Crippen LogP contribution is 2.50. The maximum Gasteiger partial charge on any atom is 0.0931 e. The molecule has 1 saturated heterocycles. The number of halogens is 1. The number of ether oxygens (including phenoxy) is 1. The van der Waals surface area contributed by atoms with Crippen molar-refractivity contribution in [2.45, 2.75) is 58.1 Å². The van der Waals surface area contributed by atoms with Crippen LogP contribution in [0.2, 0.25) is 4.34 Å². The van der Waals surface area contributed by atoms with Crippen LogP contribution in [0.4, 0.5) is 0 Å². The van der Waals surface area contributed by atoms with Gasteiger partial charge < -0.3 is 10.1 Å². The first kappa shape index (κ1) is 15.8. The van der Waals surface area contributed by atoms with Gasteiger partial charge in [-0.15, -0.1) is 11.3 Å². The summed E-state index contributed by atoms with van der Waals surface area (Å²) < 4.78 is 7.06. The molecule has 1 aliphatic carbocycles. The summed E-state index contributed by atoms with van der Waals surface area (Å²) in [5, 5.41) is 3.74. The molecule has 0 amide bonds. The first-order valence-corrected chi connectivity index (χ1v) is 9.18. The van der Waals surface area contributed by atoms with E-state index in [9.17, 15) is 0 Å². The third-order valence-electron chi connectivity index (χ3n) is 4.68. The Hall–Kier alpha value is -0.0900. The number of hydrogen-bond acceptors (Lipinski definition) is 3. The van der Waals surface area contributed by atoms with E-state index in [0.29, 0.717) is 6.10 Å². The molecule has 1 N–H and O–H groups in total. The van der Waals surface area contributed by atoms with Crippen LogP contribution in [0.3, 0.4) is 0 Å². The molecule has 1 aliphatic heterocycles. The molecule has 1 aromatic heterocycles. The summed E-state index contributed by atoms with van der Waals surface area (Å²) in [4.78, 5) is 1.40. The molecule has 1 saturated carbocycles. The zero-order chi connectivity index (χ0) is 15.1. The Morgan fingerprint density at radius 2 is 2.14 bits per heavy atom. The number of hydrogen-bond donors (Lipinski definition) is 1. The normalized spacial score (nSPS) is 30.0. The second-order valence-corrected chi connectivity index (χ2v) is 9.53. The standard InChI is InChI=1S/C17H26ClNOS/c1-16(2,3)19-11-17(10-13-6-7-14(18)21-13)8-9-20-15(17)12-4-5-12/h6-7,12,15,19H,4-5,8-11H2,1-3H3. The van der Waals surface area contributed by atoms with Crippen molar-refractivity contribution in [3.8, 4) is 0 Å². The molecule has 2 nitrogen and oxygen atoms in total. The molecule has 118 valence electrons. The van der Waals surface area contributed by atoms with Gasteiger partial charge in [-0.05, 0) is 64.5 Å². The second-order valence-electron chi connectivity index (χ2n) is 7.73. The van der Waals surface area contributed by atoms with Crippen LogP contribution in [0.15, 0.2) is 12.1 Å². The lowest BCUT2D eigenvalue weighted by molar-refractivity contribution is 0.0283. The van der Waals surface area contributed by atoms with E-state index in [2.05, 4.69) is 32.2 Å². The molecular formula is C17H26ClNOS. The molecular weight excluding hydrogens is 302 g/mol. The van der Waals surface area contributed by atoms with Gasteiger partial charge in [0.05, 0.1) is 10.4 Å². The van der Waals surface area contributed by atoms with Crippen molar-refractivity contribution in [3.05, 3.63) is 21.3 Å². The van der Waals surface area contributed by atoms with Crippen LogP contribution in [-0.4, -0.2) is 24.8 Å². The van der Waals surface area contributed by atoms with Crippen molar-refractivity contribution in [2.75, 3.05) is 13.2 Å². The largest absolute Gasteiger partial charge is 0.377 e. The molecule has 21 heavy (non-hydrogen) atoms. The molecule has 0 spiro atoms. The summed E-state index contributed by atoms with van der Waals surface area (Å²) in [6.07, 6.45) is 5.36. The van der Waals surface area contributed by atoms with Crippen molar-refractivity contribution in [2.24, 2.45) is 11.3 Å². The highest BCUT2D eigenvalue weighted by Gasteiger charge is 2.51. The second kappa shape index (κ2) is 5.84. The summed E-state index contributed by atoms with van der Waals surface area (Å²) in [7, 11) is 0. The summed E-state index contributed by atoms with van der Waals surface area (Å²) in [5.41, 5.74) is 0.388. The Kier molecular flexibility index (Phi) is 4.39. The lowest BCUT2D eigenvalue weighted by Gasteiger charge is -2.37. The summed E-state index contributed by atoms with van der Waals surface area (Å²) in [5.74, 6) is 0.782. The van der Waals surface area contributed by atoms with E-state index in [1.54, 1.807) is 11.3 Å². The van der Waals surface area contributed by atoms with Crippen LogP contribution in [0, 0.1) is 11.3 Å². The fourth-order valence-electron chi connectivity index (χ4n) is 3.42. The summed E-state index contributed by atoms with van der Waals surface area (Å²) in [6.45, 7) is 8.67. The number of thiophene rings is 1. The Morgan fingerprint density at radius 3 is 2.71 bits per heavy atom. The SMILES string of the molecule is CC(C)(C)NCC1(Cc2ccc(Cl)s2)CCOC1C1CC1. The summed E-state index contributed by atoms with van der Waals surface area (Å²) >= 11 is 7.85. The average Bonchev–Trinajstić information content (AvgIpc) is 3.03. The van der Waals surface area contributed by atoms with Gasteiger partial charge in [0.25, 0.3) is 0 Å². The van der Waals surface area contributed by atoms with Gasteiger partial charge in [0.2, 0.25) is 0 Å². The molecule has 2 atom stereocenters. The third-order valence-corrected chi connectivity index (χ3v) is 5.91. The molecule has 2 heterocycles. The maximum absolute atomic E-state index is 6.17. The Balaban J connectivity index is 1.79. The van der Waals surface area contributed by atoms with E-state index < -0.39 is 0 Å². The van der Waals surface area contributed by atoms with Crippen molar-refractivity contribution >= 4 is 22.9 Å². The zero-order valence-corrected chi connectivity index (χ0v) is 14.8. The molecule has 0 aromatic carbocycles. The molecule has 3 rings (SSSR count). The lowest BCUT2D eigenvalue weighted by atomic mass is 9.75. The van der Waals surface area contributed by atoms with Crippen LogP contribution < -0.4 is 5.32 Å². The van der Waals surface area contributed by atoms with Crippen molar-refractivity contribution in [3.63, 3.8) is 0 Å². The van der Waals surface area contributed by atoms with Crippen LogP contribution >= 0.6 is 22.9 Å². The van der Waals surface area contributed by atoms with Crippen LogP contribution in [0.5, 0.6) is 0 Å². The smallest absolute Gasteiger partial charge is 0.0931 e. The van der Waals surface area contributed by atoms with Gasteiger partial charge in [0.1, 0.15) is 0 Å². The molecule has 4 heteroatoms. The Bertz CT molecular complexity index is 491. The lowest BCUT2D eigenvalue weighted by Crippen LogP contribution is -2.49. The highest BCUT2D eigenvalue weighted by atomic mass is 35.5. The van der Waals surface area contributed by atoms with E-state index in [0.717, 1.165) is 36.2 Å². The van der Waals surface area contributed by atoms with Gasteiger partial charge >= 0.3 is 0 Å². The highest BCUT2D eigenvalue weighted by molar-refractivity contribution is 7.16. The van der Waals surface area contributed by atoms with E-state index >= 15 is 0 Å². The predicted molar refractivity (Wildman–Crippen MR) is 90.3 cm³/mol. The monoisotopic (exact) mass is 327 g/mol. The maximum atomic E-state index is 6.17. The topological polar surface area (TPSA) is 21.3 Å². The minimum atomic E-state index is 0.150. The Morgan fingerprint density at radius 1 is 1.38 bits per heavy atom. The van der Waals surface area contributed by atoms with Gasteiger partial charge in [0.15, 0.2) is 0 Å². The number of nitrogens with one attached hydrogen (secondary N) is 1. The first-order chi connectivity index (χ1) is 9.88. The van der Waals surface area contributed by atoms with Crippen LogP contribution in [0.25, 0.3) is 0 Å². The quantitative estimate of drug-likeness (QED) is 0.858. The average molecular weight is 328 g/mol. The van der Waals surface area contributed by atoms with E-state index in [-0.39, 0.29) is 11.0 Å². The summed E-state index contributed by atoms with van der Waals surface area (Å²) in [6, 6.07) is 4.21. The molecule has 2 unspecified atom stereocenters.